The summed E-state index contributed by atoms with van der Waals surface area (Å²) in [7, 11) is 0. The minimum Gasteiger partial charge on any atom is -0.423 e. The molecule has 0 unspecified atom stereocenters. The summed E-state index contributed by atoms with van der Waals surface area (Å²) in [5.41, 5.74) is 2.34. The van der Waals surface area contributed by atoms with Gasteiger partial charge in [-0.05, 0) is 24.8 Å². The molecule has 0 spiro atoms. The summed E-state index contributed by atoms with van der Waals surface area (Å²) in [4.78, 5) is 20.7. The molecule has 0 atom stereocenters. The van der Waals surface area contributed by atoms with Crippen LogP contribution in [0.3, 0.4) is 0 Å². The van der Waals surface area contributed by atoms with Gasteiger partial charge in [0.25, 0.3) is 0 Å². The molecule has 0 N–H and O–H groups in total. The van der Waals surface area contributed by atoms with Crippen molar-refractivity contribution in [1.29, 1.82) is 0 Å². The number of hydrogen-bond donors (Lipinski definition) is 0. The molecule has 0 bridgehead atoms. The van der Waals surface area contributed by atoms with E-state index in [1.807, 2.05) is 0 Å². The molecule has 1 aromatic heterocycles. The smallest absolute Gasteiger partial charge is 0.311 e. The maximum atomic E-state index is 11.9. The molecule has 164 valence electrons. The highest BCUT2D eigenvalue weighted by Gasteiger charge is 2.07. The number of rotatable bonds is 15. The number of unbranched alkanes of at least 4 members (excludes halogenated alkanes) is 9. The summed E-state index contributed by atoms with van der Waals surface area (Å²) in [6, 6.07) is 8.47. The van der Waals surface area contributed by atoms with Crippen LogP contribution in [0.25, 0.3) is 11.4 Å². The second-order valence-electron chi connectivity index (χ2n) is 8.10. The number of carbonyl (C=O) groups excluding carboxylic acids is 1. The van der Waals surface area contributed by atoms with E-state index < -0.39 is 0 Å². The number of benzene rings is 1. The van der Waals surface area contributed by atoms with Gasteiger partial charge in [-0.1, -0.05) is 95.9 Å². The molecule has 1 aromatic carbocycles. The first-order valence-electron chi connectivity index (χ1n) is 11.8. The molecule has 0 fully saturated rings. The normalized spacial score (nSPS) is 10.9. The van der Waals surface area contributed by atoms with Gasteiger partial charge in [0, 0.05) is 12.0 Å². The molecule has 0 aliphatic heterocycles. The van der Waals surface area contributed by atoms with Crippen molar-refractivity contribution in [3.63, 3.8) is 0 Å². The summed E-state index contributed by atoms with van der Waals surface area (Å²) in [6.45, 7) is 4.44. The van der Waals surface area contributed by atoms with Crippen molar-refractivity contribution < 1.29 is 9.53 Å². The Morgan fingerprint density at radius 2 is 1.33 bits per heavy atom. The minimum atomic E-state index is -0.207. The standard InChI is InChI=1S/C26H38N2O2/c1-3-5-7-9-11-12-14-22-16-18-23(19-17-22)26-27-20-24(21-28-26)30-25(29)15-13-10-8-6-4-2/h16-21H,3-15H2,1-2H3. The van der Waals surface area contributed by atoms with Crippen molar-refractivity contribution in [2.24, 2.45) is 0 Å². The van der Waals surface area contributed by atoms with Gasteiger partial charge in [0.05, 0.1) is 12.4 Å². The third-order valence-electron chi connectivity index (χ3n) is 5.38. The lowest BCUT2D eigenvalue weighted by Crippen LogP contribution is -2.08. The van der Waals surface area contributed by atoms with Crippen molar-refractivity contribution in [3.05, 3.63) is 42.2 Å². The molecule has 4 heteroatoms. The van der Waals surface area contributed by atoms with Crippen LogP contribution < -0.4 is 4.74 Å². The van der Waals surface area contributed by atoms with Crippen molar-refractivity contribution in [3.8, 4) is 17.1 Å². The molecule has 1 heterocycles. The number of esters is 1. The topological polar surface area (TPSA) is 52.1 Å². The highest BCUT2D eigenvalue weighted by Crippen LogP contribution is 2.19. The van der Waals surface area contributed by atoms with Gasteiger partial charge in [0.2, 0.25) is 0 Å². The quantitative estimate of drug-likeness (QED) is 0.228. The number of nitrogens with zero attached hydrogens (tertiary/aromatic N) is 2. The van der Waals surface area contributed by atoms with Crippen LogP contribution in [0.4, 0.5) is 0 Å². The Morgan fingerprint density at radius 3 is 1.97 bits per heavy atom. The van der Waals surface area contributed by atoms with Crippen LogP contribution in [0.1, 0.15) is 96.5 Å². The predicted octanol–water partition coefficient (Wildman–Crippen LogP) is 7.31. The van der Waals surface area contributed by atoms with Gasteiger partial charge in [0.15, 0.2) is 11.6 Å². The van der Waals surface area contributed by atoms with Crippen LogP contribution in [0.2, 0.25) is 0 Å². The second kappa shape index (κ2) is 14.7. The first-order chi connectivity index (χ1) is 14.7. The first kappa shape index (κ1) is 24.0. The van der Waals surface area contributed by atoms with Gasteiger partial charge >= 0.3 is 5.97 Å². The molecule has 0 saturated heterocycles. The Labute approximate surface area is 182 Å². The Kier molecular flexibility index (Phi) is 11.8. The SMILES string of the molecule is CCCCCCCCc1ccc(-c2ncc(OC(=O)CCCCCCC)cn2)cc1. The molecule has 0 aliphatic carbocycles. The van der Waals surface area contributed by atoms with Crippen LogP contribution in [0.15, 0.2) is 36.7 Å². The fourth-order valence-electron chi connectivity index (χ4n) is 3.50. The van der Waals surface area contributed by atoms with Crippen LogP contribution in [-0.2, 0) is 11.2 Å². The van der Waals surface area contributed by atoms with Crippen LogP contribution in [0, 0.1) is 0 Å². The zero-order valence-corrected chi connectivity index (χ0v) is 18.9. The maximum absolute atomic E-state index is 11.9. The van der Waals surface area contributed by atoms with Gasteiger partial charge in [-0.15, -0.1) is 0 Å². The van der Waals surface area contributed by atoms with E-state index in [1.165, 1.54) is 63.4 Å². The number of carbonyl (C=O) groups is 1. The van der Waals surface area contributed by atoms with Crippen molar-refractivity contribution in [1.82, 2.24) is 9.97 Å². The summed E-state index contributed by atoms with van der Waals surface area (Å²) in [5.74, 6) is 0.861. The third kappa shape index (κ3) is 9.51. The zero-order valence-electron chi connectivity index (χ0n) is 18.9. The number of ether oxygens (including phenoxy) is 1. The minimum absolute atomic E-state index is 0.207. The van der Waals surface area contributed by atoms with Gasteiger partial charge in [-0.25, -0.2) is 9.97 Å². The highest BCUT2D eigenvalue weighted by molar-refractivity contribution is 5.72. The molecule has 2 aromatic rings. The van der Waals surface area contributed by atoms with E-state index in [4.69, 9.17) is 4.74 Å². The molecule has 2 rings (SSSR count). The van der Waals surface area contributed by atoms with E-state index in [2.05, 4.69) is 48.1 Å². The van der Waals surface area contributed by atoms with E-state index >= 15 is 0 Å². The lowest BCUT2D eigenvalue weighted by molar-refractivity contribution is -0.134. The predicted molar refractivity (Wildman–Crippen MR) is 124 cm³/mol. The summed E-state index contributed by atoms with van der Waals surface area (Å²) in [6.07, 6.45) is 18.2. The maximum Gasteiger partial charge on any atom is 0.311 e. The fourth-order valence-corrected chi connectivity index (χ4v) is 3.50. The fraction of sp³-hybridized carbons (Fsp3) is 0.577. The Balaban J connectivity index is 1.74. The number of hydrogen-bond acceptors (Lipinski definition) is 4. The lowest BCUT2D eigenvalue weighted by atomic mass is 10.0. The van der Waals surface area contributed by atoms with E-state index in [1.54, 1.807) is 12.4 Å². The number of aromatic nitrogens is 2. The monoisotopic (exact) mass is 410 g/mol. The lowest BCUT2D eigenvalue weighted by Gasteiger charge is -2.06. The Hall–Kier alpha value is -2.23. The summed E-state index contributed by atoms with van der Waals surface area (Å²) in [5, 5.41) is 0. The van der Waals surface area contributed by atoms with Gasteiger partial charge in [-0.2, -0.15) is 0 Å². The van der Waals surface area contributed by atoms with Gasteiger partial charge in [0.1, 0.15) is 0 Å². The van der Waals surface area contributed by atoms with Gasteiger partial charge in [-0.3, -0.25) is 4.79 Å². The summed E-state index contributed by atoms with van der Waals surface area (Å²) >= 11 is 0. The molecular formula is C26H38N2O2. The van der Waals surface area contributed by atoms with Crippen molar-refractivity contribution >= 4 is 5.97 Å². The Morgan fingerprint density at radius 1 is 0.767 bits per heavy atom. The molecule has 0 aliphatic rings. The summed E-state index contributed by atoms with van der Waals surface area (Å²) < 4.78 is 5.35. The molecule has 0 amide bonds. The van der Waals surface area contributed by atoms with Crippen LogP contribution in [0.5, 0.6) is 5.75 Å². The molecule has 4 nitrogen and oxygen atoms in total. The largest absolute Gasteiger partial charge is 0.423 e. The Bertz CT molecular complexity index is 711. The van der Waals surface area contributed by atoms with E-state index in [0.717, 1.165) is 24.8 Å². The van der Waals surface area contributed by atoms with Crippen molar-refractivity contribution in [2.75, 3.05) is 0 Å². The first-order valence-corrected chi connectivity index (χ1v) is 11.8. The molecule has 30 heavy (non-hydrogen) atoms. The van der Waals surface area contributed by atoms with Gasteiger partial charge < -0.3 is 4.74 Å². The second-order valence-corrected chi connectivity index (χ2v) is 8.10. The van der Waals surface area contributed by atoms with E-state index in [0.29, 0.717) is 18.0 Å². The van der Waals surface area contributed by atoms with E-state index in [9.17, 15) is 4.79 Å². The zero-order chi connectivity index (χ0) is 21.4. The molecule has 0 radical (unpaired) electrons. The highest BCUT2D eigenvalue weighted by atomic mass is 16.5. The number of aryl methyl sites for hydroxylation is 1. The van der Waals surface area contributed by atoms with Crippen molar-refractivity contribution in [2.45, 2.75) is 97.3 Å². The third-order valence-corrected chi connectivity index (χ3v) is 5.38. The van der Waals surface area contributed by atoms with Crippen LogP contribution >= 0.6 is 0 Å². The average Bonchev–Trinajstić information content (AvgIpc) is 2.77. The average molecular weight is 411 g/mol. The molecular weight excluding hydrogens is 372 g/mol. The van der Waals surface area contributed by atoms with E-state index in [-0.39, 0.29) is 5.97 Å². The molecule has 0 saturated carbocycles. The van der Waals surface area contributed by atoms with Crippen LogP contribution in [-0.4, -0.2) is 15.9 Å².